The summed E-state index contributed by atoms with van der Waals surface area (Å²) < 4.78 is 4.79. The Bertz CT molecular complexity index is 2050. The molecule has 0 spiro atoms. The minimum Gasteiger partial charge on any atom is -0.309 e. The van der Waals surface area contributed by atoms with Crippen LogP contribution in [0.3, 0.4) is 0 Å². The third kappa shape index (κ3) is 3.01. The molecule has 2 heterocycles. The molecule has 38 heavy (non-hydrogen) atoms. The molecule has 0 fully saturated rings. The van der Waals surface area contributed by atoms with E-state index in [-0.39, 0.29) is 0 Å². The molecule has 2 heteroatoms. The lowest BCUT2D eigenvalue weighted by atomic mass is 10.1. The summed E-state index contributed by atoms with van der Waals surface area (Å²) in [6, 6.07) is 44.6. The first-order valence-electron chi connectivity index (χ1n) is 13.2. The number of hydrogen-bond acceptors (Lipinski definition) is 0. The lowest BCUT2D eigenvalue weighted by molar-refractivity contribution is 1.18. The molecule has 0 N–H and O–H groups in total. The van der Waals surface area contributed by atoms with E-state index in [9.17, 15) is 0 Å². The summed E-state index contributed by atoms with van der Waals surface area (Å²) >= 11 is 0. The second kappa shape index (κ2) is 7.84. The minimum atomic E-state index is 1.19. The minimum absolute atomic E-state index is 1.19. The zero-order chi connectivity index (χ0) is 25.4. The van der Waals surface area contributed by atoms with Crippen molar-refractivity contribution in [2.45, 2.75) is 13.8 Å². The molecule has 0 radical (unpaired) electrons. The Morgan fingerprint density at radius 2 is 0.789 bits per heavy atom. The van der Waals surface area contributed by atoms with Crippen LogP contribution < -0.4 is 0 Å². The van der Waals surface area contributed by atoms with Crippen LogP contribution in [0.5, 0.6) is 0 Å². The molecular formula is C36H26N2. The monoisotopic (exact) mass is 486 g/mol. The van der Waals surface area contributed by atoms with E-state index >= 15 is 0 Å². The molecule has 0 aliphatic heterocycles. The highest BCUT2D eigenvalue weighted by molar-refractivity contribution is 6.11. The van der Waals surface area contributed by atoms with E-state index in [1.165, 1.54) is 76.9 Å². The van der Waals surface area contributed by atoms with Crippen LogP contribution in [0.25, 0.3) is 65.8 Å². The van der Waals surface area contributed by atoms with Crippen molar-refractivity contribution in [1.82, 2.24) is 9.13 Å². The fraction of sp³-hybridized carbons (Fsp3) is 0.0556. The molecule has 0 amide bonds. The van der Waals surface area contributed by atoms with Crippen molar-refractivity contribution in [1.29, 1.82) is 0 Å². The predicted molar refractivity (Wildman–Crippen MR) is 162 cm³/mol. The SMILES string of the molecule is Cc1ccc2c(c1)c1ccccc1n2-c1ccc2cc(-n3c4ccccc4c4cc(C)ccc43)ccc2c1. The number of para-hydroxylation sites is 2. The van der Waals surface area contributed by atoms with Crippen LogP contribution in [-0.4, -0.2) is 9.13 Å². The Labute approximate surface area is 221 Å². The molecular weight excluding hydrogens is 460 g/mol. The number of rotatable bonds is 2. The summed E-state index contributed by atoms with van der Waals surface area (Å²) in [7, 11) is 0. The second-order valence-corrected chi connectivity index (χ2v) is 10.5. The maximum atomic E-state index is 2.40. The summed E-state index contributed by atoms with van der Waals surface area (Å²) in [6.45, 7) is 4.33. The third-order valence-electron chi connectivity index (χ3n) is 7.98. The number of nitrogens with zero attached hydrogens (tertiary/aromatic N) is 2. The van der Waals surface area contributed by atoms with E-state index in [4.69, 9.17) is 0 Å². The van der Waals surface area contributed by atoms with Crippen molar-refractivity contribution in [3.05, 3.63) is 132 Å². The molecule has 0 aliphatic carbocycles. The first-order valence-corrected chi connectivity index (χ1v) is 13.2. The van der Waals surface area contributed by atoms with Gasteiger partial charge in [0.15, 0.2) is 0 Å². The number of aryl methyl sites for hydroxylation is 2. The summed E-state index contributed by atoms with van der Waals surface area (Å²) in [5.74, 6) is 0. The fourth-order valence-corrected chi connectivity index (χ4v) is 6.23. The van der Waals surface area contributed by atoms with Crippen molar-refractivity contribution < 1.29 is 0 Å². The van der Waals surface area contributed by atoms with Gasteiger partial charge in [0.05, 0.1) is 22.1 Å². The number of benzene rings is 6. The maximum Gasteiger partial charge on any atom is 0.0541 e. The van der Waals surface area contributed by atoms with Crippen LogP contribution in [0.1, 0.15) is 11.1 Å². The lowest BCUT2D eigenvalue weighted by Crippen LogP contribution is -1.96. The molecule has 0 bridgehead atoms. The van der Waals surface area contributed by atoms with E-state index in [1.54, 1.807) is 0 Å². The van der Waals surface area contributed by atoms with Gasteiger partial charge in [-0.25, -0.2) is 0 Å². The Morgan fingerprint density at radius 1 is 0.368 bits per heavy atom. The molecule has 6 aromatic carbocycles. The smallest absolute Gasteiger partial charge is 0.0541 e. The van der Waals surface area contributed by atoms with E-state index in [0.29, 0.717) is 0 Å². The summed E-state index contributed by atoms with van der Waals surface area (Å²) in [6.07, 6.45) is 0. The number of fused-ring (bicyclic) bond motifs is 7. The third-order valence-corrected chi connectivity index (χ3v) is 7.98. The molecule has 0 aliphatic rings. The summed E-state index contributed by atoms with van der Waals surface area (Å²) in [5.41, 5.74) is 9.91. The van der Waals surface area contributed by atoms with Gasteiger partial charge in [0.1, 0.15) is 0 Å². The topological polar surface area (TPSA) is 9.86 Å². The van der Waals surface area contributed by atoms with Gasteiger partial charge in [-0.05, 0) is 85.3 Å². The van der Waals surface area contributed by atoms with Gasteiger partial charge < -0.3 is 9.13 Å². The zero-order valence-corrected chi connectivity index (χ0v) is 21.4. The number of hydrogen-bond donors (Lipinski definition) is 0. The van der Waals surface area contributed by atoms with Gasteiger partial charge in [-0.15, -0.1) is 0 Å². The lowest BCUT2D eigenvalue weighted by Gasteiger charge is -2.12. The van der Waals surface area contributed by atoms with Crippen molar-refractivity contribution in [2.24, 2.45) is 0 Å². The van der Waals surface area contributed by atoms with E-state index in [1.807, 2.05) is 0 Å². The van der Waals surface area contributed by atoms with Gasteiger partial charge in [-0.3, -0.25) is 0 Å². The zero-order valence-electron chi connectivity index (χ0n) is 21.4. The molecule has 180 valence electrons. The molecule has 8 rings (SSSR count). The van der Waals surface area contributed by atoms with Crippen molar-refractivity contribution in [2.75, 3.05) is 0 Å². The molecule has 2 aromatic heterocycles. The summed E-state index contributed by atoms with van der Waals surface area (Å²) in [4.78, 5) is 0. The molecule has 2 nitrogen and oxygen atoms in total. The molecule has 0 unspecified atom stereocenters. The maximum absolute atomic E-state index is 2.40. The molecule has 8 aromatic rings. The van der Waals surface area contributed by atoms with Gasteiger partial charge in [0.2, 0.25) is 0 Å². The average Bonchev–Trinajstić information content (AvgIpc) is 3.45. The van der Waals surface area contributed by atoms with Crippen LogP contribution in [0, 0.1) is 13.8 Å². The van der Waals surface area contributed by atoms with Crippen LogP contribution >= 0.6 is 0 Å². The quantitative estimate of drug-likeness (QED) is 0.230. The first-order chi connectivity index (χ1) is 18.7. The summed E-state index contributed by atoms with van der Waals surface area (Å²) in [5, 5.41) is 7.67. The average molecular weight is 487 g/mol. The fourth-order valence-electron chi connectivity index (χ4n) is 6.23. The van der Waals surface area contributed by atoms with Crippen LogP contribution in [0.2, 0.25) is 0 Å². The standard InChI is InChI=1S/C36H26N2/c1-23-11-17-35-31(19-23)29-7-3-5-9-33(29)37(35)27-15-13-26-22-28(16-14-25(26)21-27)38-34-10-6-4-8-30(34)32-20-24(2)12-18-36(32)38/h3-22H,1-2H3. The van der Waals surface area contributed by atoms with E-state index < -0.39 is 0 Å². The van der Waals surface area contributed by atoms with Gasteiger partial charge in [-0.2, -0.15) is 0 Å². The van der Waals surface area contributed by atoms with Crippen molar-refractivity contribution in [3.63, 3.8) is 0 Å². The number of aromatic nitrogens is 2. The second-order valence-electron chi connectivity index (χ2n) is 10.5. The Balaban J connectivity index is 1.34. The highest BCUT2D eigenvalue weighted by Crippen LogP contribution is 2.36. The predicted octanol–water partition coefficient (Wildman–Crippen LogP) is 9.65. The van der Waals surface area contributed by atoms with Crippen LogP contribution in [0.4, 0.5) is 0 Å². The molecule has 0 saturated carbocycles. The van der Waals surface area contributed by atoms with Crippen molar-refractivity contribution >= 4 is 54.4 Å². The first kappa shape index (κ1) is 21.3. The van der Waals surface area contributed by atoms with Crippen LogP contribution in [0.15, 0.2) is 121 Å². The van der Waals surface area contributed by atoms with Gasteiger partial charge in [0.25, 0.3) is 0 Å². The normalized spacial score (nSPS) is 11.9. The van der Waals surface area contributed by atoms with Gasteiger partial charge in [0, 0.05) is 32.9 Å². The Kier molecular flexibility index (Phi) is 4.39. The largest absolute Gasteiger partial charge is 0.309 e. The molecule has 0 atom stereocenters. The van der Waals surface area contributed by atoms with E-state index in [0.717, 1.165) is 0 Å². The van der Waals surface area contributed by atoms with Gasteiger partial charge in [-0.1, -0.05) is 71.8 Å². The van der Waals surface area contributed by atoms with Crippen molar-refractivity contribution in [3.8, 4) is 11.4 Å². The highest BCUT2D eigenvalue weighted by Gasteiger charge is 2.14. The Morgan fingerprint density at radius 3 is 1.26 bits per heavy atom. The van der Waals surface area contributed by atoms with Crippen LogP contribution in [-0.2, 0) is 0 Å². The van der Waals surface area contributed by atoms with E-state index in [2.05, 4.69) is 144 Å². The van der Waals surface area contributed by atoms with Gasteiger partial charge >= 0.3 is 0 Å². The Hall–Kier alpha value is -4.82. The molecule has 0 saturated heterocycles. The highest BCUT2D eigenvalue weighted by atomic mass is 15.0.